The Morgan fingerprint density at radius 3 is 2.38 bits per heavy atom. The molecular formula is C10H13F2N. The molecule has 0 aliphatic heterocycles. The molecule has 13 heavy (non-hydrogen) atoms. The van der Waals surface area contributed by atoms with E-state index in [-0.39, 0.29) is 5.69 Å². The Hall–Kier alpha value is -0.990. The molecule has 0 aliphatic rings. The molecule has 1 nitrogen and oxygen atoms in total. The largest absolute Gasteiger partial charge is 0.280 e. The average molecular weight is 185 g/mol. The normalized spacial score (nSPS) is 11.2. The van der Waals surface area contributed by atoms with Crippen LogP contribution < -0.4 is 0 Å². The second-order valence-electron chi connectivity index (χ2n) is 3.49. The molecule has 1 heterocycles. The summed E-state index contributed by atoms with van der Waals surface area (Å²) in [6, 6.07) is 3.11. The highest BCUT2D eigenvalue weighted by Gasteiger charge is 2.07. The standard InChI is InChI=1S/C10H13F2N/c1-7(2)5-8-3-4-9(10(11)12)13-6-8/h3-4,6-7,10H,5H2,1-2H3. The first-order valence-corrected chi connectivity index (χ1v) is 4.32. The summed E-state index contributed by atoms with van der Waals surface area (Å²) in [6.45, 7) is 4.17. The van der Waals surface area contributed by atoms with Gasteiger partial charge in [0.05, 0.1) is 0 Å². The molecule has 0 fully saturated rings. The minimum Gasteiger partial charge on any atom is -0.255 e. The van der Waals surface area contributed by atoms with Crippen LogP contribution in [0.3, 0.4) is 0 Å². The van der Waals surface area contributed by atoms with Crippen LogP contribution in [0, 0.1) is 5.92 Å². The number of pyridine rings is 1. The van der Waals surface area contributed by atoms with Crippen molar-refractivity contribution in [3.8, 4) is 0 Å². The van der Waals surface area contributed by atoms with E-state index in [9.17, 15) is 8.78 Å². The number of alkyl halides is 2. The van der Waals surface area contributed by atoms with Crippen molar-refractivity contribution in [3.63, 3.8) is 0 Å². The van der Waals surface area contributed by atoms with Crippen molar-refractivity contribution in [2.75, 3.05) is 0 Å². The van der Waals surface area contributed by atoms with Crippen LogP contribution in [0.5, 0.6) is 0 Å². The lowest BCUT2D eigenvalue weighted by atomic mass is 10.0. The van der Waals surface area contributed by atoms with Gasteiger partial charge in [-0.1, -0.05) is 19.9 Å². The Balaban J connectivity index is 2.70. The molecule has 0 aliphatic carbocycles. The van der Waals surface area contributed by atoms with Gasteiger partial charge in [-0.05, 0) is 24.0 Å². The van der Waals surface area contributed by atoms with E-state index in [1.807, 2.05) is 0 Å². The van der Waals surface area contributed by atoms with Crippen molar-refractivity contribution >= 4 is 0 Å². The third-order valence-electron chi connectivity index (χ3n) is 1.72. The van der Waals surface area contributed by atoms with E-state index >= 15 is 0 Å². The first-order valence-electron chi connectivity index (χ1n) is 4.32. The maximum atomic E-state index is 12.1. The first kappa shape index (κ1) is 10.1. The molecule has 1 rings (SSSR count). The molecule has 0 radical (unpaired) electrons. The van der Waals surface area contributed by atoms with E-state index in [0.29, 0.717) is 5.92 Å². The van der Waals surface area contributed by atoms with Gasteiger partial charge in [-0.15, -0.1) is 0 Å². The molecule has 0 amide bonds. The Kier molecular flexibility index (Phi) is 3.34. The average Bonchev–Trinajstić information content (AvgIpc) is 2.04. The van der Waals surface area contributed by atoms with Crippen LogP contribution in [0.25, 0.3) is 0 Å². The molecule has 0 N–H and O–H groups in total. The van der Waals surface area contributed by atoms with E-state index in [1.54, 1.807) is 6.07 Å². The summed E-state index contributed by atoms with van der Waals surface area (Å²) in [5.74, 6) is 0.527. The van der Waals surface area contributed by atoms with Crippen LogP contribution in [0.2, 0.25) is 0 Å². The molecule has 1 aromatic heterocycles. The van der Waals surface area contributed by atoms with Crippen molar-refractivity contribution in [2.24, 2.45) is 5.92 Å². The summed E-state index contributed by atoms with van der Waals surface area (Å²) < 4.78 is 24.2. The summed E-state index contributed by atoms with van der Waals surface area (Å²) in [6.07, 6.45) is -0.0500. The summed E-state index contributed by atoms with van der Waals surface area (Å²) in [5.41, 5.74) is 0.868. The topological polar surface area (TPSA) is 12.9 Å². The third-order valence-corrected chi connectivity index (χ3v) is 1.72. The number of nitrogens with zero attached hydrogens (tertiary/aromatic N) is 1. The second-order valence-corrected chi connectivity index (χ2v) is 3.49. The zero-order valence-electron chi connectivity index (χ0n) is 7.80. The molecule has 0 unspecified atom stereocenters. The molecule has 0 aromatic carbocycles. The smallest absolute Gasteiger partial charge is 0.255 e. The maximum Gasteiger partial charge on any atom is 0.280 e. The van der Waals surface area contributed by atoms with Gasteiger partial charge < -0.3 is 0 Å². The SMILES string of the molecule is CC(C)Cc1ccc(C(F)F)nc1. The fourth-order valence-corrected chi connectivity index (χ4v) is 1.16. The van der Waals surface area contributed by atoms with Crippen molar-refractivity contribution in [3.05, 3.63) is 29.6 Å². The van der Waals surface area contributed by atoms with Crippen LogP contribution in [0.1, 0.15) is 31.5 Å². The first-order chi connectivity index (χ1) is 6.09. The fourth-order valence-electron chi connectivity index (χ4n) is 1.16. The van der Waals surface area contributed by atoms with Crippen LogP contribution in [0.15, 0.2) is 18.3 Å². The van der Waals surface area contributed by atoms with E-state index in [2.05, 4.69) is 18.8 Å². The van der Waals surface area contributed by atoms with Crippen LogP contribution in [0.4, 0.5) is 8.78 Å². The van der Waals surface area contributed by atoms with Crippen molar-refractivity contribution < 1.29 is 8.78 Å². The molecule has 0 atom stereocenters. The number of halogens is 2. The highest BCUT2D eigenvalue weighted by atomic mass is 19.3. The van der Waals surface area contributed by atoms with Crippen molar-refractivity contribution in [2.45, 2.75) is 26.7 Å². The molecule has 0 saturated carbocycles. The van der Waals surface area contributed by atoms with Crippen molar-refractivity contribution in [1.29, 1.82) is 0 Å². The minimum absolute atomic E-state index is 0.146. The van der Waals surface area contributed by atoms with Gasteiger partial charge in [0.1, 0.15) is 5.69 Å². The number of rotatable bonds is 3. The summed E-state index contributed by atoms with van der Waals surface area (Å²) in [5, 5.41) is 0. The van der Waals surface area contributed by atoms with Gasteiger partial charge in [0.25, 0.3) is 6.43 Å². The lowest BCUT2D eigenvalue weighted by Crippen LogP contribution is -1.96. The van der Waals surface area contributed by atoms with Gasteiger partial charge in [0, 0.05) is 6.20 Å². The predicted octanol–water partition coefficient (Wildman–Crippen LogP) is 3.22. The number of aromatic nitrogens is 1. The van der Waals surface area contributed by atoms with Gasteiger partial charge in [-0.2, -0.15) is 0 Å². The van der Waals surface area contributed by atoms with E-state index in [4.69, 9.17) is 0 Å². The Labute approximate surface area is 76.8 Å². The molecule has 1 aromatic rings. The predicted molar refractivity (Wildman–Crippen MR) is 47.7 cm³/mol. The second kappa shape index (κ2) is 4.30. The van der Waals surface area contributed by atoms with Crippen LogP contribution in [-0.4, -0.2) is 4.98 Å². The lowest BCUT2D eigenvalue weighted by Gasteiger charge is -2.04. The molecule has 3 heteroatoms. The quantitative estimate of drug-likeness (QED) is 0.704. The summed E-state index contributed by atoms with van der Waals surface area (Å²) in [4.78, 5) is 3.68. The zero-order valence-corrected chi connectivity index (χ0v) is 7.80. The third kappa shape index (κ3) is 3.09. The maximum absolute atomic E-state index is 12.1. The lowest BCUT2D eigenvalue weighted by molar-refractivity contribution is 0.146. The van der Waals surface area contributed by atoms with Gasteiger partial charge >= 0.3 is 0 Å². The summed E-state index contributed by atoms with van der Waals surface area (Å²) in [7, 11) is 0. The minimum atomic E-state index is -2.46. The Morgan fingerprint density at radius 2 is 2.00 bits per heavy atom. The molecule has 72 valence electrons. The highest BCUT2D eigenvalue weighted by molar-refractivity contribution is 5.15. The summed E-state index contributed by atoms with van der Waals surface area (Å²) >= 11 is 0. The zero-order chi connectivity index (χ0) is 9.84. The Morgan fingerprint density at radius 1 is 1.31 bits per heavy atom. The Bertz CT molecular complexity index is 254. The van der Waals surface area contributed by atoms with Crippen molar-refractivity contribution in [1.82, 2.24) is 4.98 Å². The number of hydrogen-bond acceptors (Lipinski definition) is 1. The molecule has 0 bridgehead atoms. The number of hydrogen-bond donors (Lipinski definition) is 0. The van der Waals surface area contributed by atoms with Crippen LogP contribution >= 0.6 is 0 Å². The highest BCUT2D eigenvalue weighted by Crippen LogP contribution is 2.16. The van der Waals surface area contributed by atoms with Crippen LogP contribution in [-0.2, 0) is 6.42 Å². The van der Waals surface area contributed by atoms with Gasteiger partial charge in [-0.25, -0.2) is 8.78 Å². The monoisotopic (exact) mass is 185 g/mol. The molecular weight excluding hydrogens is 172 g/mol. The fraction of sp³-hybridized carbons (Fsp3) is 0.500. The van der Waals surface area contributed by atoms with E-state index in [0.717, 1.165) is 12.0 Å². The van der Waals surface area contributed by atoms with E-state index in [1.165, 1.54) is 12.3 Å². The van der Waals surface area contributed by atoms with Gasteiger partial charge in [0.15, 0.2) is 0 Å². The molecule has 0 saturated heterocycles. The van der Waals surface area contributed by atoms with E-state index < -0.39 is 6.43 Å². The van der Waals surface area contributed by atoms with Gasteiger partial charge in [-0.3, -0.25) is 4.98 Å². The van der Waals surface area contributed by atoms with Gasteiger partial charge in [0.2, 0.25) is 0 Å². The molecule has 0 spiro atoms.